The molecule has 2 heterocycles. The first-order valence-corrected chi connectivity index (χ1v) is 10.6. The number of aromatic amines is 1. The molecule has 10 nitrogen and oxygen atoms in total. The van der Waals surface area contributed by atoms with Crippen molar-refractivity contribution in [3.63, 3.8) is 0 Å². The van der Waals surface area contributed by atoms with Crippen LogP contribution in [0.1, 0.15) is 34.7 Å². The van der Waals surface area contributed by atoms with Gasteiger partial charge in [0, 0.05) is 6.42 Å². The standard InChI is InChI=1S/C24H26N4O6/c1-12-6-13(2)8-15(7-12)28-23(30)20(22(29)25-24(28)31)17-11-16(26-27-17)14-9-18(32-3)21(34-5)19(10-14)33-4/h6-10,16,26,30H,11H2,1-5H3,(H,25,29,31). The molecule has 1 aliphatic heterocycles. The zero-order valence-corrected chi connectivity index (χ0v) is 19.6. The van der Waals surface area contributed by atoms with E-state index < -0.39 is 17.1 Å². The number of hydrazone groups is 1. The maximum Gasteiger partial charge on any atom is 0.335 e. The first-order chi connectivity index (χ1) is 16.3. The van der Waals surface area contributed by atoms with Gasteiger partial charge in [0.05, 0.1) is 38.8 Å². The summed E-state index contributed by atoms with van der Waals surface area (Å²) in [6.45, 7) is 3.77. The second-order valence-electron chi connectivity index (χ2n) is 8.04. The largest absolute Gasteiger partial charge is 0.493 e. The lowest BCUT2D eigenvalue weighted by Crippen LogP contribution is -2.33. The van der Waals surface area contributed by atoms with Crippen LogP contribution in [-0.4, -0.2) is 41.7 Å². The Morgan fingerprint density at radius 1 is 0.971 bits per heavy atom. The molecule has 10 heteroatoms. The van der Waals surface area contributed by atoms with Gasteiger partial charge in [-0.25, -0.2) is 9.36 Å². The zero-order chi connectivity index (χ0) is 24.6. The molecule has 2 aromatic carbocycles. The summed E-state index contributed by atoms with van der Waals surface area (Å²) in [5, 5.41) is 15.3. The fourth-order valence-electron chi connectivity index (χ4n) is 4.20. The molecule has 0 amide bonds. The van der Waals surface area contributed by atoms with Gasteiger partial charge in [-0.1, -0.05) is 6.07 Å². The number of nitrogens with zero attached hydrogens (tertiary/aromatic N) is 2. The quantitative estimate of drug-likeness (QED) is 0.509. The average Bonchev–Trinajstić information content (AvgIpc) is 3.26. The van der Waals surface area contributed by atoms with Gasteiger partial charge in [0.2, 0.25) is 11.6 Å². The Balaban J connectivity index is 1.74. The number of H-pyrrole nitrogens is 1. The molecule has 0 aliphatic carbocycles. The Labute approximate surface area is 195 Å². The third-order valence-electron chi connectivity index (χ3n) is 5.68. The third-order valence-corrected chi connectivity index (χ3v) is 5.68. The molecular weight excluding hydrogens is 440 g/mol. The highest BCUT2D eigenvalue weighted by atomic mass is 16.5. The van der Waals surface area contributed by atoms with Gasteiger partial charge in [0.1, 0.15) is 5.56 Å². The number of rotatable bonds is 6. The average molecular weight is 466 g/mol. The van der Waals surface area contributed by atoms with E-state index >= 15 is 0 Å². The van der Waals surface area contributed by atoms with E-state index in [-0.39, 0.29) is 18.0 Å². The number of aryl methyl sites for hydroxylation is 2. The molecule has 4 rings (SSSR count). The molecule has 178 valence electrons. The summed E-state index contributed by atoms with van der Waals surface area (Å²) in [6, 6.07) is 8.71. The van der Waals surface area contributed by atoms with Gasteiger partial charge in [0.15, 0.2) is 11.5 Å². The fourth-order valence-corrected chi connectivity index (χ4v) is 4.20. The number of benzene rings is 2. The van der Waals surface area contributed by atoms with Crippen molar-refractivity contribution in [2.75, 3.05) is 21.3 Å². The van der Waals surface area contributed by atoms with Crippen molar-refractivity contribution in [2.24, 2.45) is 5.10 Å². The molecule has 1 aromatic heterocycles. The van der Waals surface area contributed by atoms with Crippen molar-refractivity contribution in [1.29, 1.82) is 0 Å². The fraction of sp³-hybridized carbons (Fsp3) is 0.292. The molecular formula is C24H26N4O6. The monoisotopic (exact) mass is 466 g/mol. The van der Waals surface area contributed by atoms with Crippen molar-refractivity contribution in [3.8, 4) is 28.8 Å². The van der Waals surface area contributed by atoms with Crippen LogP contribution in [0.4, 0.5) is 0 Å². The van der Waals surface area contributed by atoms with E-state index in [0.717, 1.165) is 21.3 Å². The second-order valence-corrected chi connectivity index (χ2v) is 8.04. The molecule has 0 spiro atoms. The highest BCUT2D eigenvalue weighted by Crippen LogP contribution is 2.41. The lowest BCUT2D eigenvalue weighted by molar-refractivity contribution is 0.323. The Bertz CT molecular complexity index is 1360. The Morgan fingerprint density at radius 2 is 1.59 bits per heavy atom. The minimum absolute atomic E-state index is 0.0683. The van der Waals surface area contributed by atoms with Crippen molar-refractivity contribution in [3.05, 3.63) is 73.4 Å². The van der Waals surface area contributed by atoms with E-state index in [9.17, 15) is 14.7 Å². The van der Waals surface area contributed by atoms with Crippen LogP contribution in [0.15, 0.2) is 45.0 Å². The maximum absolute atomic E-state index is 12.7. The minimum Gasteiger partial charge on any atom is -0.493 e. The molecule has 3 aromatic rings. The minimum atomic E-state index is -0.732. The van der Waals surface area contributed by atoms with Gasteiger partial charge in [-0.2, -0.15) is 5.10 Å². The Kier molecular flexibility index (Phi) is 6.06. The molecule has 1 aliphatic rings. The molecule has 1 atom stereocenters. The van der Waals surface area contributed by atoms with Crippen LogP contribution in [-0.2, 0) is 0 Å². The maximum atomic E-state index is 12.7. The van der Waals surface area contributed by atoms with Crippen LogP contribution in [0.5, 0.6) is 23.1 Å². The lowest BCUT2D eigenvalue weighted by atomic mass is 9.99. The molecule has 3 N–H and O–H groups in total. The predicted molar refractivity (Wildman–Crippen MR) is 127 cm³/mol. The smallest absolute Gasteiger partial charge is 0.335 e. The molecule has 0 radical (unpaired) electrons. The lowest BCUT2D eigenvalue weighted by Gasteiger charge is -2.17. The molecule has 34 heavy (non-hydrogen) atoms. The second kappa shape index (κ2) is 8.97. The van der Waals surface area contributed by atoms with E-state index in [2.05, 4.69) is 15.5 Å². The van der Waals surface area contributed by atoms with Gasteiger partial charge in [-0.15, -0.1) is 0 Å². The summed E-state index contributed by atoms with van der Waals surface area (Å²) >= 11 is 0. The number of nitrogens with one attached hydrogen (secondary N) is 2. The van der Waals surface area contributed by atoms with Crippen LogP contribution in [0, 0.1) is 13.8 Å². The van der Waals surface area contributed by atoms with Crippen molar-refractivity contribution >= 4 is 5.71 Å². The molecule has 1 unspecified atom stereocenters. The number of aromatic hydroxyl groups is 1. The van der Waals surface area contributed by atoms with Crippen molar-refractivity contribution < 1.29 is 19.3 Å². The van der Waals surface area contributed by atoms with Crippen LogP contribution in [0.3, 0.4) is 0 Å². The first-order valence-electron chi connectivity index (χ1n) is 10.6. The van der Waals surface area contributed by atoms with Crippen LogP contribution in [0.2, 0.25) is 0 Å². The summed E-state index contributed by atoms with van der Waals surface area (Å²) in [5.41, 5.74) is 4.85. The first kappa shape index (κ1) is 23.0. The SMILES string of the molecule is COc1cc(C2CC(c3c(O)n(-c4cc(C)cc(C)c4)c(=O)[nH]c3=O)=NN2)cc(OC)c1OC. The van der Waals surface area contributed by atoms with E-state index in [1.54, 1.807) is 24.3 Å². The molecule has 0 fully saturated rings. The van der Waals surface area contributed by atoms with Gasteiger partial charge >= 0.3 is 5.69 Å². The summed E-state index contributed by atoms with van der Waals surface area (Å²) in [7, 11) is 4.58. The summed E-state index contributed by atoms with van der Waals surface area (Å²) in [6.07, 6.45) is 0.278. The van der Waals surface area contributed by atoms with Crippen molar-refractivity contribution in [1.82, 2.24) is 15.0 Å². The topological polar surface area (TPSA) is 127 Å². The van der Waals surface area contributed by atoms with E-state index in [0.29, 0.717) is 28.6 Å². The number of hydrogen-bond donors (Lipinski definition) is 3. The molecule has 0 saturated carbocycles. The number of hydrogen-bond acceptors (Lipinski definition) is 8. The van der Waals surface area contributed by atoms with Gasteiger partial charge in [0.25, 0.3) is 5.56 Å². The Hall–Kier alpha value is -4.21. The summed E-state index contributed by atoms with van der Waals surface area (Å²) < 4.78 is 17.3. The van der Waals surface area contributed by atoms with Gasteiger partial charge in [-0.3, -0.25) is 9.78 Å². The number of ether oxygens (including phenoxy) is 3. The van der Waals surface area contributed by atoms with Crippen molar-refractivity contribution in [2.45, 2.75) is 26.3 Å². The summed E-state index contributed by atoms with van der Waals surface area (Å²) in [4.78, 5) is 27.6. The van der Waals surface area contributed by atoms with Crippen LogP contribution < -0.4 is 30.9 Å². The highest BCUT2D eigenvalue weighted by molar-refractivity contribution is 6.03. The number of methoxy groups -OCH3 is 3. The van der Waals surface area contributed by atoms with Crippen LogP contribution in [0.25, 0.3) is 5.69 Å². The normalized spacial score (nSPS) is 15.0. The van der Waals surface area contributed by atoms with E-state index in [1.807, 2.05) is 19.9 Å². The van der Waals surface area contributed by atoms with E-state index in [1.165, 1.54) is 21.3 Å². The zero-order valence-electron chi connectivity index (χ0n) is 19.6. The third kappa shape index (κ3) is 3.98. The Morgan fingerprint density at radius 3 is 2.15 bits per heavy atom. The number of aromatic nitrogens is 2. The molecule has 0 saturated heterocycles. The van der Waals surface area contributed by atoms with Gasteiger partial charge < -0.3 is 24.7 Å². The molecule has 0 bridgehead atoms. The highest BCUT2D eigenvalue weighted by Gasteiger charge is 2.29. The predicted octanol–water partition coefficient (Wildman–Crippen LogP) is 2.31. The van der Waals surface area contributed by atoms with E-state index in [4.69, 9.17) is 14.2 Å². The van der Waals surface area contributed by atoms with Gasteiger partial charge in [-0.05, 0) is 54.8 Å². The van der Waals surface area contributed by atoms with Crippen LogP contribution >= 0.6 is 0 Å². The summed E-state index contributed by atoms with van der Waals surface area (Å²) in [5.74, 6) is 0.958.